The average molecular weight is 290 g/mol. The average Bonchev–Trinajstić information content (AvgIpc) is 2.77. The standard InChI is InChI=1S/C16H20ClN3/c1-12-16(5-8-19-9-6-16)7-10-20(12)13-3-4-15(18-2)14(17)11-13/h3-4,11-12,19H,5-10H2,1H3/t12-/m0/s1. The minimum atomic E-state index is 0.455. The Balaban J connectivity index is 1.85. The van der Waals surface area contributed by atoms with Crippen LogP contribution in [-0.4, -0.2) is 25.7 Å². The van der Waals surface area contributed by atoms with Crippen molar-refractivity contribution in [2.75, 3.05) is 24.5 Å². The summed E-state index contributed by atoms with van der Waals surface area (Å²) in [5, 5.41) is 4.03. The molecular formula is C16H20ClN3. The predicted molar refractivity (Wildman–Crippen MR) is 83.7 cm³/mol. The van der Waals surface area contributed by atoms with Crippen LogP contribution in [0.1, 0.15) is 26.2 Å². The number of hydrogen-bond donors (Lipinski definition) is 1. The fraction of sp³-hybridized carbons (Fsp3) is 0.562. The van der Waals surface area contributed by atoms with Crippen LogP contribution in [0.15, 0.2) is 18.2 Å². The Bertz CT molecular complexity index is 543. The van der Waals surface area contributed by atoms with Gasteiger partial charge in [0, 0.05) is 23.3 Å². The SMILES string of the molecule is [C-]#[N+]c1ccc(N2CCC3(CCNCC3)[C@@H]2C)cc1Cl. The fourth-order valence-corrected chi connectivity index (χ4v) is 4.00. The zero-order chi connectivity index (χ0) is 14.2. The van der Waals surface area contributed by atoms with Gasteiger partial charge in [-0.1, -0.05) is 17.7 Å². The third-order valence-electron chi connectivity index (χ3n) is 5.19. The van der Waals surface area contributed by atoms with E-state index >= 15 is 0 Å². The second-order valence-electron chi connectivity index (χ2n) is 5.98. The van der Waals surface area contributed by atoms with Gasteiger partial charge in [-0.05, 0) is 56.8 Å². The van der Waals surface area contributed by atoms with Crippen LogP contribution >= 0.6 is 11.6 Å². The third-order valence-corrected chi connectivity index (χ3v) is 5.49. The lowest BCUT2D eigenvalue weighted by atomic mass is 9.73. The van der Waals surface area contributed by atoms with E-state index in [2.05, 4.69) is 22.0 Å². The van der Waals surface area contributed by atoms with Gasteiger partial charge < -0.3 is 10.2 Å². The maximum absolute atomic E-state index is 7.08. The highest BCUT2D eigenvalue weighted by Crippen LogP contribution is 2.46. The molecule has 20 heavy (non-hydrogen) atoms. The molecule has 106 valence electrons. The molecule has 1 aromatic rings. The molecule has 3 nitrogen and oxygen atoms in total. The first-order chi connectivity index (χ1) is 9.66. The van der Waals surface area contributed by atoms with E-state index in [1.54, 1.807) is 0 Å². The maximum Gasteiger partial charge on any atom is 0.205 e. The molecule has 1 spiro atoms. The molecule has 2 aliphatic rings. The van der Waals surface area contributed by atoms with Gasteiger partial charge in [0.25, 0.3) is 0 Å². The monoisotopic (exact) mass is 289 g/mol. The van der Waals surface area contributed by atoms with Gasteiger partial charge in [-0.3, -0.25) is 0 Å². The van der Waals surface area contributed by atoms with E-state index in [4.69, 9.17) is 18.2 Å². The minimum Gasteiger partial charge on any atom is -0.368 e. The molecule has 0 unspecified atom stereocenters. The molecule has 0 amide bonds. The van der Waals surface area contributed by atoms with Crippen LogP contribution in [0, 0.1) is 12.0 Å². The van der Waals surface area contributed by atoms with Crippen molar-refractivity contribution in [2.24, 2.45) is 5.41 Å². The van der Waals surface area contributed by atoms with Gasteiger partial charge in [0.15, 0.2) is 0 Å². The van der Waals surface area contributed by atoms with Crippen molar-refractivity contribution in [3.8, 4) is 0 Å². The van der Waals surface area contributed by atoms with E-state index in [1.807, 2.05) is 18.2 Å². The Kier molecular flexibility index (Phi) is 3.62. The van der Waals surface area contributed by atoms with Crippen LogP contribution in [-0.2, 0) is 0 Å². The highest BCUT2D eigenvalue weighted by molar-refractivity contribution is 6.33. The van der Waals surface area contributed by atoms with E-state index < -0.39 is 0 Å². The summed E-state index contributed by atoms with van der Waals surface area (Å²) in [5.74, 6) is 0. The molecule has 2 heterocycles. The first kappa shape index (κ1) is 13.7. The first-order valence-electron chi connectivity index (χ1n) is 7.31. The maximum atomic E-state index is 7.08. The Morgan fingerprint density at radius 1 is 1.35 bits per heavy atom. The Hall–Kier alpha value is -1.24. The van der Waals surface area contributed by atoms with Crippen molar-refractivity contribution >= 4 is 23.0 Å². The van der Waals surface area contributed by atoms with E-state index in [1.165, 1.54) is 19.3 Å². The van der Waals surface area contributed by atoms with Crippen LogP contribution in [0.3, 0.4) is 0 Å². The third kappa shape index (κ3) is 2.17. The highest BCUT2D eigenvalue weighted by atomic mass is 35.5. The number of piperidine rings is 1. The quantitative estimate of drug-likeness (QED) is 0.792. The normalized spacial score (nSPS) is 24.9. The van der Waals surface area contributed by atoms with Crippen LogP contribution in [0.5, 0.6) is 0 Å². The van der Waals surface area contributed by atoms with Crippen molar-refractivity contribution < 1.29 is 0 Å². The number of benzene rings is 1. The van der Waals surface area contributed by atoms with E-state index in [0.29, 0.717) is 22.2 Å². The number of halogens is 1. The molecule has 4 heteroatoms. The molecule has 2 saturated heterocycles. The summed E-state index contributed by atoms with van der Waals surface area (Å²) in [5.41, 5.74) is 2.15. The lowest BCUT2D eigenvalue weighted by Gasteiger charge is -2.40. The van der Waals surface area contributed by atoms with Crippen LogP contribution in [0.25, 0.3) is 4.85 Å². The van der Waals surface area contributed by atoms with Crippen molar-refractivity contribution in [1.82, 2.24) is 5.32 Å². The van der Waals surface area contributed by atoms with Gasteiger partial charge >= 0.3 is 0 Å². The Morgan fingerprint density at radius 3 is 2.75 bits per heavy atom. The van der Waals surface area contributed by atoms with Gasteiger partial charge in [0.1, 0.15) is 0 Å². The summed E-state index contributed by atoms with van der Waals surface area (Å²) in [6.45, 7) is 12.8. The summed E-state index contributed by atoms with van der Waals surface area (Å²) < 4.78 is 0. The van der Waals surface area contributed by atoms with Crippen LogP contribution < -0.4 is 10.2 Å². The zero-order valence-electron chi connectivity index (χ0n) is 11.8. The summed E-state index contributed by atoms with van der Waals surface area (Å²) in [7, 11) is 0. The molecule has 1 atom stereocenters. The number of nitrogens with one attached hydrogen (secondary N) is 1. The summed E-state index contributed by atoms with van der Waals surface area (Å²) >= 11 is 6.18. The van der Waals surface area contributed by atoms with Crippen molar-refractivity contribution in [3.63, 3.8) is 0 Å². The molecule has 0 radical (unpaired) electrons. The molecule has 2 fully saturated rings. The second kappa shape index (κ2) is 5.27. The van der Waals surface area contributed by atoms with Gasteiger partial charge in [-0.2, -0.15) is 0 Å². The van der Waals surface area contributed by atoms with E-state index in [-0.39, 0.29) is 0 Å². The highest BCUT2D eigenvalue weighted by Gasteiger charge is 2.45. The molecule has 0 saturated carbocycles. The Labute approximate surface area is 125 Å². The lowest BCUT2D eigenvalue weighted by Crippen LogP contribution is -2.44. The molecule has 1 N–H and O–H groups in total. The zero-order valence-corrected chi connectivity index (χ0v) is 12.6. The minimum absolute atomic E-state index is 0.455. The van der Waals surface area contributed by atoms with Crippen LogP contribution in [0.2, 0.25) is 5.02 Å². The van der Waals surface area contributed by atoms with Crippen molar-refractivity contribution in [1.29, 1.82) is 0 Å². The molecule has 2 aliphatic heterocycles. The van der Waals surface area contributed by atoms with Gasteiger partial charge in [0.05, 0.1) is 6.57 Å². The molecule has 0 bridgehead atoms. The number of anilines is 1. The van der Waals surface area contributed by atoms with E-state index in [0.717, 1.165) is 25.3 Å². The number of nitrogens with zero attached hydrogens (tertiary/aromatic N) is 2. The molecule has 0 aromatic heterocycles. The van der Waals surface area contributed by atoms with Gasteiger partial charge in [0.2, 0.25) is 5.69 Å². The van der Waals surface area contributed by atoms with Gasteiger partial charge in [-0.25, -0.2) is 4.85 Å². The smallest absolute Gasteiger partial charge is 0.205 e. The first-order valence-corrected chi connectivity index (χ1v) is 7.68. The molecular weight excluding hydrogens is 270 g/mol. The number of rotatable bonds is 1. The summed E-state index contributed by atoms with van der Waals surface area (Å²) in [6.07, 6.45) is 3.79. The van der Waals surface area contributed by atoms with Crippen LogP contribution in [0.4, 0.5) is 11.4 Å². The fourth-order valence-electron chi connectivity index (χ4n) is 3.79. The largest absolute Gasteiger partial charge is 0.368 e. The second-order valence-corrected chi connectivity index (χ2v) is 6.39. The molecule has 0 aliphatic carbocycles. The topological polar surface area (TPSA) is 19.6 Å². The summed E-state index contributed by atoms with van der Waals surface area (Å²) in [6, 6.07) is 6.37. The molecule has 1 aromatic carbocycles. The van der Waals surface area contributed by atoms with E-state index in [9.17, 15) is 0 Å². The van der Waals surface area contributed by atoms with Crippen molar-refractivity contribution in [3.05, 3.63) is 34.6 Å². The lowest BCUT2D eigenvalue weighted by molar-refractivity contribution is 0.191. The van der Waals surface area contributed by atoms with Crippen molar-refractivity contribution in [2.45, 2.75) is 32.2 Å². The predicted octanol–water partition coefficient (Wildman–Crippen LogP) is 3.86. The van der Waals surface area contributed by atoms with Gasteiger partial charge in [-0.15, -0.1) is 0 Å². The number of hydrogen-bond acceptors (Lipinski definition) is 2. The molecule has 3 rings (SSSR count). The Morgan fingerprint density at radius 2 is 2.10 bits per heavy atom. The summed E-state index contributed by atoms with van der Waals surface area (Å²) in [4.78, 5) is 5.89.